The van der Waals surface area contributed by atoms with Crippen LogP contribution in [0.25, 0.3) is 33.6 Å². The molecule has 5 rings (SSSR count). The molecule has 5 aromatic rings. The average Bonchev–Trinajstić information content (AvgIpc) is 3.38. The third kappa shape index (κ3) is 4.36. The smallest absolute Gasteiger partial charge is 0.337 e. The SMILES string of the molecule is Cc1cc(C(C)Nc2ccccc2C(=O)O)c2cc(-c3ccc(F)cc3)c(-c3ncco3)nc2c1. The van der Waals surface area contributed by atoms with Gasteiger partial charge in [-0.3, -0.25) is 0 Å². The zero-order chi connectivity index (χ0) is 24.5. The van der Waals surface area contributed by atoms with E-state index in [1.165, 1.54) is 18.4 Å². The molecule has 1 unspecified atom stereocenters. The van der Waals surface area contributed by atoms with Gasteiger partial charge >= 0.3 is 5.97 Å². The number of hydrogen-bond donors (Lipinski definition) is 2. The van der Waals surface area contributed by atoms with E-state index in [-0.39, 0.29) is 17.4 Å². The molecule has 3 aromatic carbocycles. The third-order valence-corrected chi connectivity index (χ3v) is 5.90. The molecule has 0 aliphatic heterocycles. The molecule has 174 valence electrons. The Balaban J connectivity index is 1.69. The molecule has 0 fully saturated rings. The Bertz CT molecular complexity index is 1530. The molecule has 2 N–H and O–H groups in total. The van der Waals surface area contributed by atoms with E-state index in [9.17, 15) is 14.3 Å². The summed E-state index contributed by atoms with van der Waals surface area (Å²) in [4.78, 5) is 20.9. The van der Waals surface area contributed by atoms with Crippen molar-refractivity contribution in [2.75, 3.05) is 5.32 Å². The van der Waals surface area contributed by atoms with E-state index in [1.807, 2.05) is 26.0 Å². The number of carboxylic acids is 1. The quantitative estimate of drug-likeness (QED) is 0.283. The van der Waals surface area contributed by atoms with E-state index in [2.05, 4.69) is 16.4 Å². The van der Waals surface area contributed by atoms with Crippen LogP contribution in [-0.4, -0.2) is 21.0 Å². The lowest BCUT2D eigenvalue weighted by atomic mass is 9.95. The number of benzene rings is 3. The van der Waals surface area contributed by atoms with Gasteiger partial charge in [-0.25, -0.2) is 19.2 Å². The number of aromatic carboxylic acids is 1. The predicted molar refractivity (Wildman–Crippen MR) is 133 cm³/mol. The number of oxazole rings is 1. The summed E-state index contributed by atoms with van der Waals surface area (Å²) in [7, 11) is 0. The fourth-order valence-corrected chi connectivity index (χ4v) is 4.27. The topological polar surface area (TPSA) is 88.2 Å². The first-order valence-electron chi connectivity index (χ1n) is 11.1. The molecule has 2 aromatic heterocycles. The third-order valence-electron chi connectivity index (χ3n) is 5.90. The second-order valence-corrected chi connectivity index (χ2v) is 8.37. The highest BCUT2D eigenvalue weighted by Gasteiger charge is 2.20. The van der Waals surface area contributed by atoms with Crippen LogP contribution in [0.15, 0.2) is 83.6 Å². The molecule has 0 amide bonds. The molecular formula is C28H22FN3O3. The van der Waals surface area contributed by atoms with Gasteiger partial charge < -0.3 is 14.8 Å². The number of nitrogens with zero attached hydrogens (tertiary/aromatic N) is 2. The van der Waals surface area contributed by atoms with Crippen LogP contribution in [0.3, 0.4) is 0 Å². The maximum absolute atomic E-state index is 13.6. The summed E-state index contributed by atoms with van der Waals surface area (Å²) in [5.41, 5.74) is 5.53. The molecule has 0 spiro atoms. The molecule has 0 saturated carbocycles. The maximum Gasteiger partial charge on any atom is 0.337 e. The second-order valence-electron chi connectivity index (χ2n) is 8.37. The van der Waals surface area contributed by atoms with Crippen molar-refractivity contribution in [2.24, 2.45) is 0 Å². The average molecular weight is 468 g/mol. The van der Waals surface area contributed by atoms with Crippen LogP contribution in [0.2, 0.25) is 0 Å². The molecule has 35 heavy (non-hydrogen) atoms. The fourth-order valence-electron chi connectivity index (χ4n) is 4.27. The van der Waals surface area contributed by atoms with Gasteiger partial charge in [-0.05, 0) is 66.9 Å². The van der Waals surface area contributed by atoms with Gasteiger partial charge in [0.1, 0.15) is 17.8 Å². The lowest BCUT2D eigenvalue weighted by Crippen LogP contribution is -2.11. The summed E-state index contributed by atoms with van der Waals surface area (Å²) in [6.45, 7) is 3.97. The van der Waals surface area contributed by atoms with Gasteiger partial charge in [-0.1, -0.05) is 30.3 Å². The highest BCUT2D eigenvalue weighted by molar-refractivity contribution is 5.95. The Kier molecular flexibility index (Phi) is 5.74. The summed E-state index contributed by atoms with van der Waals surface area (Å²) in [6.07, 6.45) is 3.05. The molecule has 0 saturated heterocycles. The highest BCUT2D eigenvalue weighted by atomic mass is 19.1. The Morgan fingerprint density at radius 3 is 2.57 bits per heavy atom. The van der Waals surface area contributed by atoms with Gasteiger partial charge in [0.25, 0.3) is 0 Å². The Labute approximate surface area is 201 Å². The summed E-state index contributed by atoms with van der Waals surface area (Å²) >= 11 is 0. The van der Waals surface area contributed by atoms with Crippen LogP contribution in [-0.2, 0) is 0 Å². The van der Waals surface area contributed by atoms with E-state index in [0.29, 0.717) is 17.3 Å². The summed E-state index contributed by atoms with van der Waals surface area (Å²) < 4.78 is 19.2. The van der Waals surface area contributed by atoms with Crippen molar-refractivity contribution < 1.29 is 18.7 Å². The Morgan fingerprint density at radius 1 is 1.09 bits per heavy atom. The minimum absolute atomic E-state index is 0.201. The standard InChI is InChI=1S/C28H22FN3O3/c1-16-13-21(17(2)31-24-6-4-3-5-20(24)28(33)34)23-15-22(18-7-9-19(29)10-8-18)26(32-25(23)14-16)27-30-11-12-35-27/h3-15,17,31H,1-2H3,(H,33,34). The molecule has 0 aliphatic carbocycles. The molecule has 0 radical (unpaired) electrons. The van der Waals surface area contributed by atoms with Crippen LogP contribution >= 0.6 is 0 Å². The first kappa shape index (κ1) is 22.3. The molecule has 0 aliphatic rings. The zero-order valence-corrected chi connectivity index (χ0v) is 19.1. The monoisotopic (exact) mass is 467 g/mol. The number of carboxylic acid groups (broad SMARTS) is 1. The number of aryl methyl sites for hydroxylation is 1. The van der Waals surface area contributed by atoms with Gasteiger partial charge in [-0.2, -0.15) is 0 Å². The lowest BCUT2D eigenvalue weighted by Gasteiger charge is -2.20. The molecule has 2 heterocycles. The van der Waals surface area contributed by atoms with Crippen LogP contribution < -0.4 is 5.32 Å². The van der Waals surface area contributed by atoms with Gasteiger partial charge in [0.2, 0.25) is 5.89 Å². The first-order valence-corrected chi connectivity index (χ1v) is 11.1. The minimum Gasteiger partial charge on any atom is -0.478 e. The molecule has 1 atom stereocenters. The Morgan fingerprint density at radius 2 is 1.86 bits per heavy atom. The second kappa shape index (κ2) is 9.02. The van der Waals surface area contributed by atoms with Crippen LogP contribution in [0.1, 0.15) is 34.5 Å². The number of para-hydroxylation sites is 1. The van der Waals surface area contributed by atoms with Crippen LogP contribution in [0, 0.1) is 12.7 Å². The van der Waals surface area contributed by atoms with Crippen molar-refractivity contribution in [1.82, 2.24) is 9.97 Å². The van der Waals surface area contributed by atoms with Gasteiger partial charge in [0.15, 0.2) is 0 Å². The van der Waals surface area contributed by atoms with Crippen LogP contribution in [0.5, 0.6) is 0 Å². The summed E-state index contributed by atoms with van der Waals surface area (Å²) in [6, 6.07) is 18.8. The van der Waals surface area contributed by atoms with E-state index >= 15 is 0 Å². The first-order chi connectivity index (χ1) is 16.9. The number of aromatic nitrogens is 2. The van der Waals surface area contributed by atoms with E-state index in [0.717, 1.165) is 33.2 Å². The number of rotatable bonds is 6. The minimum atomic E-state index is -0.995. The summed E-state index contributed by atoms with van der Waals surface area (Å²) in [5.74, 6) is -0.951. The molecule has 0 bridgehead atoms. The van der Waals surface area contributed by atoms with Crippen molar-refractivity contribution >= 4 is 22.6 Å². The number of hydrogen-bond acceptors (Lipinski definition) is 5. The van der Waals surface area contributed by atoms with Gasteiger partial charge in [0.05, 0.1) is 17.3 Å². The number of halogens is 1. The molecule has 7 heteroatoms. The number of nitrogens with one attached hydrogen (secondary N) is 1. The molecular weight excluding hydrogens is 445 g/mol. The fraction of sp³-hybridized carbons (Fsp3) is 0.107. The zero-order valence-electron chi connectivity index (χ0n) is 19.1. The van der Waals surface area contributed by atoms with Gasteiger partial charge in [-0.15, -0.1) is 0 Å². The largest absolute Gasteiger partial charge is 0.478 e. The highest BCUT2D eigenvalue weighted by Crippen LogP contribution is 2.36. The normalized spacial score (nSPS) is 12.0. The van der Waals surface area contributed by atoms with Crippen molar-refractivity contribution in [2.45, 2.75) is 19.9 Å². The van der Waals surface area contributed by atoms with Gasteiger partial charge in [0, 0.05) is 22.7 Å². The number of anilines is 1. The van der Waals surface area contributed by atoms with Crippen molar-refractivity contribution in [3.63, 3.8) is 0 Å². The summed E-state index contributed by atoms with van der Waals surface area (Å²) in [5, 5.41) is 13.8. The van der Waals surface area contributed by atoms with E-state index in [1.54, 1.807) is 42.6 Å². The Hall–Kier alpha value is -4.52. The molecule has 6 nitrogen and oxygen atoms in total. The number of fused-ring (bicyclic) bond motifs is 1. The van der Waals surface area contributed by atoms with Crippen molar-refractivity contribution in [3.8, 4) is 22.7 Å². The number of carbonyl (C=O) groups is 1. The lowest BCUT2D eigenvalue weighted by molar-refractivity contribution is 0.0698. The predicted octanol–water partition coefficient (Wildman–Crippen LogP) is 6.88. The number of pyridine rings is 1. The maximum atomic E-state index is 13.6. The van der Waals surface area contributed by atoms with Crippen molar-refractivity contribution in [3.05, 3.63) is 102 Å². The van der Waals surface area contributed by atoms with Crippen LogP contribution in [0.4, 0.5) is 10.1 Å². The van der Waals surface area contributed by atoms with Crippen molar-refractivity contribution in [1.29, 1.82) is 0 Å². The van der Waals surface area contributed by atoms with E-state index < -0.39 is 5.97 Å². The van der Waals surface area contributed by atoms with E-state index in [4.69, 9.17) is 9.40 Å².